The molecular weight excluding hydrogens is 323 g/mol. The molecular formula is C11H13FN2O5S2. The minimum Gasteiger partial charge on any atom is -0.260 e. The number of hydrogen-bond donors (Lipinski definition) is 1. The molecule has 2 rings (SSSR count). The summed E-state index contributed by atoms with van der Waals surface area (Å²) in [5.74, 6) is -0.454. The number of benzene rings is 1. The lowest BCUT2D eigenvalue weighted by Gasteiger charge is -2.22. The lowest BCUT2D eigenvalue weighted by Crippen LogP contribution is -2.39. The van der Waals surface area contributed by atoms with Crippen LogP contribution in [-0.4, -0.2) is 35.1 Å². The van der Waals surface area contributed by atoms with Gasteiger partial charge in [0.25, 0.3) is 0 Å². The van der Waals surface area contributed by atoms with E-state index in [1.54, 1.807) is 0 Å². The topological polar surface area (TPSA) is 106 Å². The number of sulfonamides is 1. The lowest BCUT2D eigenvalue weighted by atomic mass is 10.2. The highest BCUT2D eigenvalue weighted by atomic mass is 32.2. The molecule has 21 heavy (non-hydrogen) atoms. The smallest absolute Gasteiger partial charge is 0.260 e. The first-order valence-corrected chi connectivity index (χ1v) is 9.08. The Morgan fingerprint density at radius 3 is 2.52 bits per heavy atom. The number of nitro groups is 1. The molecule has 1 heterocycles. The predicted molar refractivity (Wildman–Crippen MR) is 74.3 cm³/mol. The average Bonchev–Trinajstić information content (AvgIpc) is 2.40. The van der Waals surface area contributed by atoms with Crippen LogP contribution in [-0.2, 0) is 20.8 Å². The van der Waals surface area contributed by atoms with Gasteiger partial charge in [0.2, 0.25) is 15.8 Å². The second-order valence-corrected chi connectivity index (χ2v) is 7.97. The summed E-state index contributed by atoms with van der Waals surface area (Å²) in [7, 11) is -5.16. The minimum atomic E-state index is -4.21. The number of nitro benzene ring substituents is 1. The highest BCUT2D eigenvalue weighted by Crippen LogP contribution is 2.27. The van der Waals surface area contributed by atoms with Crippen LogP contribution in [0.3, 0.4) is 0 Å². The number of halogens is 1. The van der Waals surface area contributed by atoms with E-state index in [9.17, 15) is 27.1 Å². The van der Waals surface area contributed by atoms with E-state index in [0.29, 0.717) is 24.3 Å². The van der Waals surface area contributed by atoms with Crippen molar-refractivity contribution in [3.05, 3.63) is 34.1 Å². The Labute approximate surface area is 123 Å². The van der Waals surface area contributed by atoms with Crippen LogP contribution in [0, 0.1) is 15.9 Å². The van der Waals surface area contributed by atoms with Gasteiger partial charge >= 0.3 is 5.69 Å². The van der Waals surface area contributed by atoms with Gasteiger partial charge in [-0.2, -0.15) is 4.39 Å². The number of hydrogen-bond acceptors (Lipinski definition) is 5. The number of nitrogens with zero attached hydrogens (tertiary/aromatic N) is 1. The molecule has 0 unspecified atom stereocenters. The van der Waals surface area contributed by atoms with Crippen LogP contribution in [0.25, 0.3) is 0 Å². The van der Waals surface area contributed by atoms with E-state index < -0.39 is 48.2 Å². The van der Waals surface area contributed by atoms with Gasteiger partial charge in [-0.25, -0.2) is 13.1 Å². The van der Waals surface area contributed by atoms with Gasteiger partial charge in [-0.15, -0.1) is 0 Å². The molecule has 1 aromatic rings. The molecule has 1 aliphatic rings. The Bertz CT molecular complexity index is 682. The second kappa shape index (κ2) is 6.16. The summed E-state index contributed by atoms with van der Waals surface area (Å²) in [6, 6.07) is 2.48. The Hall–Kier alpha value is -1.39. The molecule has 0 bridgehead atoms. The highest BCUT2D eigenvalue weighted by molar-refractivity contribution is 7.89. The van der Waals surface area contributed by atoms with Crippen LogP contribution in [0.1, 0.15) is 12.8 Å². The summed E-state index contributed by atoms with van der Waals surface area (Å²) in [4.78, 5) is 9.11. The maximum atomic E-state index is 13.5. The van der Waals surface area contributed by atoms with E-state index in [4.69, 9.17) is 0 Å². The van der Waals surface area contributed by atoms with Crippen LogP contribution >= 0.6 is 0 Å². The molecule has 1 N–H and O–H groups in total. The third kappa shape index (κ3) is 3.63. The molecule has 1 saturated heterocycles. The van der Waals surface area contributed by atoms with Crippen molar-refractivity contribution in [3.63, 3.8) is 0 Å². The Morgan fingerprint density at radius 2 is 1.95 bits per heavy atom. The van der Waals surface area contributed by atoms with Crippen LogP contribution in [0.4, 0.5) is 10.1 Å². The summed E-state index contributed by atoms with van der Waals surface area (Å²) < 4.78 is 51.4. The zero-order chi connectivity index (χ0) is 15.6. The van der Waals surface area contributed by atoms with Crippen molar-refractivity contribution in [1.82, 2.24) is 4.72 Å². The molecule has 0 amide bonds. The van der Waals surface area contributed by atoms with E-state index in [1.807, 2.05) is 0 Å². The van der Waals surface area contributed by atoms with Crippen LogP contribution < -0.4 is 4.72 Å². The molecule has 0 aliphatic carbocycles. The quantitative estimate of drug-likeness (QED) is 0.650. The first-order valence-electron chi connectivity index (χ1n) is 6.11. The summed E-state index contributed by atoms with van der Waals surface area (Å²) in [5.41, 5.74) is -1.07. The molecule has 0 atom stereocenters. The fourth-order valence-corrected chi connectivity index (χ4v) is 4.87. The van der Waals surface area contributed by atoms with E-state index in [-0.39, 0.29) is 0 Å². The highest BCUT2D eigenvalue weighted by Gasteiger charge is 2.31. The predicted octanol–water partition coefficient (Wildman–Crippen LogP) is 0.923. The summed E-state index contributed by atoms with van der Waals surface area (Å²) in [6.07, 6.45) is 0.768. The first kappa shape index (κ1) is 16.0. The molecule has 10 heteroatoms. The van der Waals surface area contributed by atoms with Gasteiger partial charge in [0, 0.05) is 28.3 Å². The monoisotopic (exact) mass is 336 g/mol. The van der Waals surface area contributed by atoms with Gasteiger partial charge < -0.3 is 0 Å². The van der Waals surface area contributed by atoms with E-state index in [1.165, 1.54) is 0 Å². The third-order valence-electron chi connectivity index (χ3n) is 3.13. The second-order valence-electron chi connectivity index (χ2n) is 4.59. The maximum absolute atomic E-state index is 13.5. The van der Waals surface area contributed by atoms with Crippen molar-refractivity contribution >= 4 is 26.5 Å². The molecule has 1 fully saturated rings. The largest absolute Gasteiger partial charge is 0.324 e. The summed E-state index contributed by atoms with van der Waals surface area (Å²) in [6.45, 7) is 0. The summed E-state index contributed by atoms with van der Waals surface area (Å²) in [5, 5.41) is 10.9. The molecule has 0 radical (unpaired) electrons. The van der Waals surface area contributed by atoms with Gasteiger partial charge in [0.1, 0.15) is 0 Å². The Balaban J connectivity index is 2.30. The van der Waals surface area contributed by atoms with Crippen LogP contribution in [0.5, 0.6) is 0 Å². The molecule has 0 aromatic heterocycles. The molecule has 1 aliphatic heterocycles. The first-order chi connectivity index (χ1) is 9.81. The molecule has 1 aromatic carbocycles. The lowest BCUT2D eigenvalue weighted by molar-refractivity contribution is -0.390. The van der Waals surface area contributed by atoms with Gasteiger partial charge in [0.15, 0.2) is 4.90 Å². The van der Waals surface area contributed by atoms with E-state index in [2.05, 4.69) is 4.72 Å². The SMILES string of the molecule is O=[N+]([O-])c1c(F)cccc1S(=O)(=O)NC1CCS(=O)CC1. The van der Waals surface area contributed by atoms with Crippen molar-refractivity contribution in [1.29, 1.82) is 0 Å². The van der Waals surface area contributed by atoms with E-state index >= 15 is 0 Å². The number of rotatable bonds is 4. The number of nitrogens with one attached hydrogen (secondary N) is 1. The van der Waals surface area contributed by atoms with Crippen molar-refractivity contribution in [2.24, 2.45) is 0 Å². The van der Waals surface area contributed by atoms with E-state index in [0.717, 1.165) is 18.2 Å². The molecule has 0 saturated carbocycles. The zero-order valence-electron chi connectivity index (χ0n) is 10.8. The molecule has 0 spiro atoms. The Kier molecular flexibility index (Phi) is 4.69. The molecule has 116 valence electrons. The van der Waals surface area contributed by atoms with Crippen molar-refractivity contribution in [2.45, 2.75) is 23.8 Å². The fraction of sp³-hybridized carbons (Fsp3) is 0.455. The standard InChI is InChI=1S/C11H13FN2O5S2/c12-9-2-1-3-10(11(9)14(15)16)21(18,19)13-8-4-6-20(17)7-5-8/h1-3,8,13H,4-7H2. The van der Waals surface area contributed by atoms with Crippen molar-refractivity contribution in [2.75, 3.05) is 11.5 Å². The van der Waals surface area contributed by atoms with Crippen molar-refractivity contribution in [3.8, 4) is 0 Å². The van der Waals surface area contributed by atoms with Gasteiger partial charge in [-0.05, 0) is 25.0 Å². The Morgan fingerprint density at radius 1 is 1.33 bits per heavy atom. The van der Waals surface area contributed by atoms with Gasteiger partial charge in [0.05, 0.1) is 4.92 Å². The van der Waals surface area contributed by atoms with Gasteiger partial charge in [-0.3, -0.25) is 14.3 Å². The van der Waals surface area contributed by atoms with Crippen LogP contribution in [0.2, 0.25) is 0 Å². The summed E-state index contributed by atoms with van der Waals surface area (Å²) >= 11 is 0. The average molecular weight is 336 g/mol. The normalized spacial score (nSPS) is 22.9. The van der Waals surface area contributed by atoms with Crippen molar-refractivity contribution < 1.29 is 21.9 Å². The number of para-hydroxylation sites is 1. The third-order valence-corrected chi connectivity index (χ3v) is 6.07. The fourth-order valence-electron chi connectivity index (χ4n) is 2.08. The molecule has 7 nitrogen and oxygen atoms in total. The minimum absolute atomic E-state index is 0.373. The zero-order valence-corrected chi connectivity index (χ0v) is 12.5. The maximum Gasteiger partial charge on any atom is 0.324 e. The van der Waals surface area contributed by atoms with Crippen LogP contribution in [0.15, 0.2) is 23.1 Å². The van der Waals surface area contributed by atoms with Gasteiger partial charge in [-0.1, -0.05) is 6.07 Å².